The molecule has 58 valence electrons. The van der Waals surface area contributed by atoms with Crippen LogP contribution in [0.15, 0.2) is 18.7 Å². The fourth-order valence-corrected chi connectivity index (χ4v) is 2.37. The molecule has 0 fully saturated rings. The Bertz CT molecular complexity index is 294. The topological polar surface area (TPSA) is 20.2 Å². The van der Waals surface area contributed by atoms with Gasteiger partial charge in [-0.05, 0) is 56.8 Å². The summed E-state index contributed by atoms with van der Waals surface area (Å²) in [5.41, 5.74) is 0.975. The second-order valence-corrected chi connectivity index (χ2v) is 4.24. The lowest BCUT2D eigenvalue weighted by atomic mass is 10.2. The van der Waals surface area contributed by atoms with Gasteiger partial charge >= 0.3 is 0 Å². The van der Waals surface area contributed by atoms with Gasteiger partial charge in [0, 0.05) is 0 Å². The maximum atomic E-state index is 9.46. The Morgan fingerprint density at radius 1 is 1.36 bits per heavy atom. The molecule has 1 nitrogen and oxygen atoms in total. The van der Waals surface area contributed by atoms with Crippen molar-refractivity contribution in [3.8, 4) is 5.75 Å². The first-order valence-electron chi connectivity index (χ1n) is 2.96. The Morgan fingerprint density at radius 3 is 2.55 bits per heavy atom. The van der Waals surface area contributed by atoms with Crippen molar-refractivity contribution in [1.29, 1.82) is 0 Å². The molecule has 0 unspecified atom stereocenters. The van der Waals surface area contributed by atoms with Gasteiger partial charge in [-0.2, -0.15) is 0 Å². The number of benzene rings is 1. The highest BCUT2D eigenvalue weighted by Gasteiger charge is 2.04. The van der Waals surface area contributed by atoms with Crippen LogP contribution in [0.2, 0.25) is 0 Å². The van der Waals surface area contributed by atoms with Crippen LogP contribution in [0.1, 0.15) is 5.56 Å². The molecule has 0 aromatic heterocycles. The number of halogens is 2. The minimum absolute atomic E-state index is 0.351. The molecule has 1 rings (SSSR count). The van der Waals surface area contributed by atoms with Gasteiger partial charge in [0.1, 0.15) is 5.75 Å². The molecule has 0 saturated carbocycles. The number of phenols is 1. The first-order valence-corrected chi connectivity index (χ1v) is 5.12. The van der Waals surface area contributed by atoms with Crippen molar-refractivity contribution in [1.82, 2.24) is 0 Å². The van der Waals surface area contributed by atoms with Crippen molar-refractivity contribution in [2.45, 2.75) is 0 Å². The van der Waals surface area contributed by atoms with Crippen molar-refractivity contribution in [3.63, 3.8) is 0 Å². The molecule has 1 aromatic carbocycles. The predicted molar refractivity (Wildman–Crippen MR) is 63.6 cm³/mol. The Balaban J connectivity index is 3.36. The SMILES string of the molecule is C=Cc1ccc(I)c(O)c1I. The third-order valence-corrected chi connectivity index (χ3v) is 3.32. The average Bonchev–Trinajstić information content (AvgIpc) is 2.01. The fraction of sp³-hybridized carbons (Fsp3) is 0. The summed E-state index contributed by atoms with van der Waals surface area (Å²) in [5.74, 6) is 0.351. The monoisotopic (exact) mass is 372 g/mol. The third-order valence-electron chi connectivity index (χ3n) is 1.32. The smallest absolute Gasteiger partial charge is 0.142 e. The Morgan fingerprint density at radius 2 is 2.00 bits per heavy atom. The molecular formula is C8H6I2O. The van der Waals surface area contributed by atoms with E-state index in [2.05, 4.69) is 51.8 Å². The summed E-state index contributed by atoms with van der Waals surface area (Å²) in [6.45, 7) is 3.64. The van der Waals surface area contributed by atoms with Gasteiger partial charge in [0.05, 0.1) is 7.14 Å². The van der Waals surface area contributed by atoms with E-state index in [1.807, 2.05) is 12.1 Å². The summed E-state index contributed by atoms with van der Waals surface area (Å²) in [7, 11) is 0. The standard InChI is InChI=1S/C8H6I2O/c1-2-5-3-4-6(9)8(11)7(5)10/h2-4,11H,1H2. The Kier molecular flexibility index (Phi) is 3.17. The van der Waals surface area contributed by atoms with Crippen molar-refractivity contribution < 1.29 is 5.11 Å². The number of phenolic OH excluding ortho intramolecular Hbond substituents is 1. The molecule has 0 amide bonds. The van der Waals surface area contributed by atoms with E-state index in [1.165, 1.54) is 0 Å². The van der Waals surface area contributed by atoms with E-state index in [0.29, 0.717) is 5.75 Å². The van der Waals surface area contributed by atoms with Crippen LogP contribution in [0, 0.1) is 7.14 Å². The number of hydrogen-bond acceptors (Lipinski definition) is 1. The zero-order valence-electron chi connectivity index (χ0n) is 5.64. The lowest BCUT2D eigenvalue weighted by Crippen LogP contribution is -1.83. The first-order chi connectivity index (χ1) is 5.16. The fourth-order valence-electron chi connectivity index (χ4n) is 0.714. The highest BCUT2D eigenvalue weighted by atomic mass is 127. The zero-order valence-corrected chi connectivity index (χ0v) is 9.96. The molecule has 0 radical (unpaired) electrons. The van der Waals surface area contributed by atoms with E-state index < -0.39 is 0 Å². The predicted octanol–water partition coefficient (Wildman–Crippen LogP) is 3.24. The van der Waals surface area contributed by atoms with Crippen LogP contribution in [0.4, 0.5) is 0 Å². The minimum Gasteiger partial charge on any atom is -0.506 e. The molecule has 0 aliphatic carbocycles. The van der Waals surface area contributed by atoms with Gasteiger partial charge in [-0.25, -0.2) is 0 Å². The molecule has 0 heterocycles. The largest absolute Gasteiger partial charge is 0.506 e. The quantitative estimate of drug-likeness (QED) is 0.751. The summed E-state index contributed by atoms with van der Waals surface area (Å²) < 4.78 is 1.74. The lowest BCUT2D eigenvalue weighted by Gasteiger charge is -2.02. The number of rotatable bonds is 1. The van der Waals surface area contributed by atoms with Crippen molar-refractivity contribution in [2.75, 3.05) is 0 Å². The van der Waals surface area contributed by atoms with Crippen LogP contribution < -0.4 is 0 Å². The molecule has 0 atom stereocenters. The molecule has 1 N–H and O–H groups in total. The highest BCUT2D eigenvalue weighted by molar-refractivity contribution is 14.1. The van der Waals surface area contributed by atoms with Gasteiger partial charge in [0.15, 0.2) is 0 Å². The number of aromatic hydroxyl groups is 1. The molecule has 0 aliphatic heterocycles. The second-order valence-electron chi connectivity index (χ2n) is 2.00. The molecule has 0 bridgehead atoms. The van der Waals surface area contributed by atoms with Crippen LogP contribution in [-0.2, 0) is 0 Å². The number of hydrogen-bond donors (Lipinski definition) is 1. The van der Waals surface area contributed by atoms with Crippen LogP contribution in [0.3, 0.4) is 0 Å². The van der Waals surface area contributed by atoms with E-state index >= 15 is 0 Å². The second kappa shape index (κ2) is 3.75. The maximum absolute atomic E-state index is 9.46. The van der Waals surface area contributed by atoms with Gasteiger partial charge in [-0.1, -0.05) is 18.7 Å². The first kappa shape index (κ1) is 9.31. The molecular weight excluding hydrogens is 366 g/mol. The highest BCUT2D eigenvalue weighted by Crippen LogP contribution is 2.28. The summed E-state index contributed by atoms with van der Waals surface area (Å²) in [6.07, 6.45) is 1.73. The summed E-state index contributed by atoms with van der Waals surface area (Å²) in [6, 6.07) is 3.81. The summed E-state index contributed by atoms with van der Waals surface area (Å²) in [5, 5.41) is 9.46. The Hall–Kier alpha value is 0.220. The average molecular weight is 372 g/mol. The van der Waals surface area contributed by atoms with Gasteiger partial charge in [0.2, 0.25) is 0 Å². The van der Waals surface area contributed by atoms with Gasteiger partial charge < -0.3 is 5.11 Å². The summed E-state index contributed by atoms with van der Waals surface area (Å²) in [4.78, 5) is 0. The molecule has 1 aromatic rings. The minimum atomic E-state index is 0.351. The van der Waals surface area contributed by atoms with Gasteiger partial charge in [-0.3, -0.25) is 0 Å². The molecule has 0 saturated heterocycles. The van der Waals surface area contributed by atoms with Crippen LogP contribution in [-0.4, -0.2) is 5.11 Å². The maximum Gasteiger partial charge on any atom is 0.142 e. The van der Waals surface area contributed by atoms with Crippen molar-refractivity contribution in [2.24, 2.45) is 0 Å². The van der Waals surface area contributed by atoms with Crippen molar-refractivity contribution in [3.05, 3.63) is 31.4 Å². The normalized spacial score (nSPS) is 9.64. The van der Waals surface area contributed by atoms with E-state index in [0.717, 1.165) is 12.7 Å². The van der Waals surface area contributed by atoms with E-state index in [4.69, 9.17) is 0 Å². The molecule has 0 aliphatic rings. The lowest BCUT2D eigenvalue weighted by molar-refractivity contribution is 0.467. The molecule has 3 heteroatoms. The van der Waals surface area contributed by atoms with E-state index in [9.17, 15) is 5.11 Å². The van der Waals surface area contributed by atoms with Crippen LogP contribution in [0.25, 0.3) is 6.08 Å². The Labute approximate surface area is 92.8 Å². The molecule has 0 spiro atoms. The van der Waals surface area contributed by atoms with E-state index in [-0.39, 0.29) is 0 Å². The summed E-state index contributed by atoms with van der Waals surface area (Å²) >= 11 is 4.20. The van der Waals surface area contributed by atoms with Gasteiger partial charge in [0.25, 0.3) is 0 Å². The van der Waals surface area contributed by atoms with Gasteiger partial charge in [-0.15, -0.1) is 0 Å². The zero-order chi connectivity index (χ0) is 8.43. The van der Waals surface area contributed by atoms with Crippen molar-refractivity contribution >= 4 is 51.3 Å². The van der Waals surface area contributed by atoms with E-state index in [1.54, 1.807) is 6.08 Å². The molecule has 11 heavy (non-hydrogen) atoms. The van der Waals surface area contributed by atoms with Crippen LogP contribution in [0.5, 0.6) is 5.75 Å². The third kappa shape index (κ3) is 1.87. The van der Waals surface area contributed by atoms with Crippen LogP contribution >= 0.6 is 45.2 Å².